The van der Waals surface area contributed by atoms with Crippen molar-refractivity contribution in [1.29, 1.82) is 0 Å². The molecule has 380 valence electrons. The van der Waals surface area contributed by atoms with Crippen LogP contribution in [-0.4, -0.2) is 102 Å². The zero-order valence-electron chi connectivity index (χ0n) is 41.3. The number of hydrogen-bond acceptors (Lipinski definition) is 12. The standard InChI is InChI=1S/C53H66N6O12/c1-6-53(2,3)48(64)51(67)58-29-10-8-18-40(58)52(68)71-41(25-22-33-23-26-42(69-4)43(30-33)70-5)34-14-11-15-35(31-34)55-45(61)21-13-20-44(60)54-28-9-7-19-46(62)56-38-17-12-16-36-37(38)32-59(50(36)66)39-24-27-47(63)57-49(39)65/h11-12,14-17,23,26,30-31,39-41H,6-10,13,18-22,24-25,27-29,32H2,1-5H3,(H,54,60)(H,55,61)(H,56,62)(H,57,63,65)/t39?,40-,41+/m0/s1. The molecule has 2 fully saturated rings. The number of ketones is 1. The number of nitrogens with zero attached hydrogens (tertiary/aromatic N) is 2. The summed E-state index contributed by atoms with van der Waals surface area (Å²) >= 11 is 0. The minimum Gasteiger partial charge on any atom is -0.493 e. The molecular formula is C53H66N6O12. The number of likely N-dealkylation sites (tertiary alicyclic amines) is 1. The molecule has 0 radical (unpaired) electrons. The lowest BCUT2D eigenvalue weighted by molar-refractivity contribution is -0.164. The molecule has 3 aliphatic rings. The van der Waals surface area contributed by atoms with Crippen LogP contribution >= 0.6 is 0 Å². The van der Waals surface area contributed by atoms with Gasteiger partial charge in [0, 0.05) is 73.2 Å². The van der Waals surface area contributed by atoms with E-state index >= 15 is 0 Å². The van der Waals surface area contributed by atoms with E-state index in [0.29, 0.717) is 97.5 Å². The molecule has 3 aromatic rings. The molecule has 3 aliphatic heterocycles. The number of rotatable bonds is 23. The smallest absolute Gasteiger partial charge is 0.329 e. The number of unbranched alkanes of at least 4 members (excludes halogenated alkanes) is 1. The van der Waals surface area contributed by atoms with Gasteiger partial charge in [-0.1, -0.05) is 45.0 Å². The van der Waals surface area contributed by atoms with Crippen molar-refractivity contribution in [3.8, 4) is 11.5 Å². The van der Waals surface area contributed by atoms with Crippen molar-refractivity contribution in [3.05, 3.63) is 82.9 Å². The fraction of sp³-hybridized carbons (Fsp3) is 0.491. The maximum Gasteiger partial charge on any atom is 0.329 e. The van der Waals surface area contributed by atoms with Gasteiger partial charge in [0.25, 0.3) is 11.8 Å². The highest BCUT2D eigenvalue weighted by Crippen LogP contribution is 2.34. The van der Waals surface area contributed by atoms with Gasteiger partial charge in [0.15, 0.2) is 11.5 Å². The third-order valence-corrected chi connectivity index (χ3v) is 13.5. The van der Waals surface area contributed by atoms with Crippen LogP contribution in [0.1, 0.15) is 137 Å². The first-order valence-electron chi connectivity index (χ1n) is 24.5. The number of aryl methyl sites for hydroxylation is 1. The number of imide groups is 1. The second kappa shape index (κ2) is 24.6. The maximum atomic E-state index is 14.0. The molecule has 2 saturated heterocycles. The molecule has 0 saturated carbocycles. The number of amides is 7. The third-order valence-electron chi connectivity index (χ3n) is 13.5. The molecule has 3 heterocycles. The molecule has 1 unspecified atom stereocenters. The first-order valence-corrected chi connectivity index (χ1v) is 24.5. The number of carbonyl (C=O) groups excluding carboxylic acids is 9. The van der Waals surface area contributed by atoms with E-state index in [0.717, 1.165) is 5.56 Å². The van der Waals surface area contributed by atoms with Crippen LogP contribution in [0.15, 0.2) is 60.7 Å². The van der Waals surface area contributed by atoms with E-state index in [4.69, 9.17) is 14.2 Å². The van der Waals surface area contributed by atoms with Gasteiger partial charge in [-0.2, -0.15) is 0 Å². The maximum absolute atomic E-state index is 14.0. The summed E-state index contributed by atoms with van der Waals surface area (Å²) in [7, 11) is 3.10. The van der Waals surface area contributed by atoms with Gasteiger partial charge in [-0.25, -0.2) is 4.79 Å². The van der Waals surface area contributed by atoms with E-state index in [-0.39, 0.29) is 81.2 Å². The summed E-state index contributed by atoms with van der Waals surface area (Å²) in [4.78, 5) is 119. The lowest BCUT2D eigenvalue weighted by atomic mass is 9.84. The Morgan fingerprint density at radius 2 is 1.55 bits per heavy atom. The number of piperidine rings is 2. The molecule has 6 rings (SSSR count). The van der Waals surface area contributed by atoms with Crippen LogP contribution in [-0.2, 0) is 56.1 Å². The number of nitrogens with one attached hydrogen (secondary N) is 4. The molecule has 0 aromatic heterocycles. The molecular weight excluding hydrogens is 913 g/mol. The molecule has 3 atom stereocenters. The fourth-order valence-electron chi connectivity index (χ4n) is 8.94. The second-order valence-corrected chi connectivity index (χ2v) is 18.8. The zero-order valence-corrected chi connectivity index (χ0v) is 41.3. The molecule has 71 heavy (non-hydrogen) atoms. The van der Waals surface area contributed by atoms with Crippen LogP contribution < -0.4 is 30.7 Å². The zero-order chi connectivity index (χ0) is 51.2. The average molecular weight is 979 g/mol. The van der Waals surface area contributed by atoms with Crippen LogP contribution in [0.3, 0.4) is 0 Å². The predicted molar refractivity (Wildman–Crippen MR) is 262 cm³/mol. The van der Waals surface area contributed by atoms with Crippen molar-refractivity contribution < 1.29 is 57.4 Å². The highest BCUT2D eigenvalue weighted by molar-refractivity contribution is 6.38. The first-order chi connectivity index (χ1) is 34.0. The third kappa shape index (κ3) is 13.8. The molecule has 3 aromatic carbocycles. The van der Waals surface area contributed by atoms with Crippen LogP contribution in [0.25, 0.3) is 0 Å². The monoisotopic (exact) mass is 978 g/mol. The average Bonchev–Trinajstić information content (AvgIpc) is 3.70. The lowest BCUT2D eigenvalue weighted by Crippen LogP contribution is -2.53. The van der Waals surface area contributed by atoms with Crippen molar-refractivity contribution in [2.75, 3.05) is 37.9 Å². The highest BCUT2D eigenvalue weighted by Gasteiger charge is 2.42. The van der Waals surface area contributed by atoms with Gasteiger partial charge < -0.3 is 40.0 Å². The Hall–Kier alpha value is -7.11. The number of ether oxygens (including phenoxy) is 3. The van der Waals surface area contributed by atoms with Gasteiger partial charge in [-0.15, -0.1) is 0 Å². The number of esters is 1. The Kier molecular flexibility index (Phi) is 18.5. The fourth-order valence-corrected chi connectivity index (χ4v) is 8.94. The number of methoxy groups -OCH3 is 2. The van der Waals surface area contributed by atoms with E-state index in [1.54, 1.807) is 76.6 Å². The van der Waals surface area contributed by atoms with Crippen LogP contribution in [0.2, 0.25) is 0 Å². The Morgan fingerprint density at radius 3 is 2.30 bits per heavy atom. The van der Waals surface area contributed by atoms with E-state index in [9.17, 15) is 43.2 Å². The summed E-state index contributed by atoms with van der Waals surface area (Å²) in [5.74, 6) is -2.72. The van der Waals surface area contributed by atoms with E-state index in [1.807, 2.05) is 19.1 Å². The Labute approximate surface area is 414 Å². The highest BCUT2D eigenvalue weighted by atomic mass is 16.5. The Balaban J connectivity index is 0.969. The van der Waals surface area contributed by atoms with E-state index < -0.39 is 47.2 Å². The van der Waals surface area contributed by atoms with Gasteiger partial charge in [-0.05, 0) is 112 Å². The Bertz CT molecular complexity index is 2510. The van der Waals surface area contributed by atoms with Crippen molar-refractivity contribution >= 4 is 64.5 Å². The molecule has 4 N–H and O–H groups in total. The van der Waals surface area contributed by atoms with Crippen molar-refractivity contribution in [1.82, 2.24) is 20.4 Å². The van der Waals surface area contributed by atoms with Crippen molar-refractivity contribution in [3.63, 3.8) is 0 Å². The van der Waals surface area contributed by atoms with Gasteiger partial charge in [-0.3, -0.25) is 43.7 Å². The number of Topliss-reactive ketones (excluding diaryl/α,β-unsaturated/α-hetero) is 1. The van der Waals surface area contributed by atoms with Crippen molar-refractivity contribution in [2.45, 2.75) is 135 Å². The summed E-state index contributed by atoms with van der Waals surface area (Å²) < 4.78 is 17.1. The number of benzene rings is 3. The molecule has 0 spiro atoms. The van der Waals surface area contributed by atoms with Crippen LogP contribution in [0, 0.1) is 5.41 Å². The van der Waals surface area contributed by atoms with Gasteiger partial charge in [0.1, 0.15) is 18.2 Å². The minimum atomic E-state index is -0.927. The van der Waals surface area contributed by atoms with E-state index in [1.165, 1.54) is 9.80 Å². The number of anilines is 2. The second-order valence-electron chi connectivity index (χ2n) is 18.8. The van der Waals surface area contributed by atoms with E-state index in [2.05, 4.69) is 21.3 Å². The molecule has 7 amide bonds. The number of carbonyl (C=O) groups is 9. The molecule has 18 nitrogen and oxygen atoms in total. The summed E-state index contributed by atoms with van der Waals surface area (Å²) in [6, 6.07) is 15.9. The summed E-state index contributed by atoms with van der Waals surface area (Å²) in [5, 5.41) is 10.9. The van der Waals surface area contributed by atoms with Gasteiger partial charge in [0.05, 0.1) is 14.2 Å². The molecule has 18 heteroatoms. The summed E-state index contributed by atoms with van der Waals surface area (Å²) in [5.41, 5.74) is 2.60. The number of hydrogen-bond donors (Lipinski definition) is 4. The van der Waals surface area contributed by atoms with Gasteiger partial charge >= 0.3 is 5.97 Å². The van der Waals surface area contributed by atoms with Gasteiger partial charge in [0.2, 0.25) is 35.3 Å². The predicted octanol–water partition coefficient (Wildman–Crippen LogP) is 6.10. The minimum absolute atomic E-state index is 0.0642. The number of fused-ring (bicyclic) bond motifs is 1. The molecule has 0 aliphatic carbocycles. The topological polar surface area (TPSA) is 236 Å². The summed E-state index contributed by atoms with van der Waals surface area (Å²) in [6.07, 6.45) is 4.23. The quantitative estimate of drug-likeness (QED) is 0.0365. The Morgan fingerprint density at radius 1 is 0.817 bits per heavy atom. The normalized spacial score (nSPS) is 17.1. The van der Waals surface area contributed by atoms with Crippen LogP contribution in [0.5, 0.6) is 11.5 Å². The van der Waals surface area contributed by atoms with Crippen LogP contribution in [0.4, 0.5) is 11.4 Å². The lowest BCUT2D eigenvalue weighted by Gasteiger charge is -2.36. The summed E-state index contributed by atoms with van der Waals surface area (Å²) in [6.45, 7) is 6.03. The molecule has 0 bridgehead atoms. The SMILES string of the molecule is CCC(C)(C)C(=O)C(=O)N1CCCC[C@H]1C(=O)O[C@H](CCc1ccc(OC)c(OC)c1)c1cccc(NC(=O)CCCC(=O)NCCCCC(=O)Nc2cccc3c2CN(C2CCC(=O)NC2=O)C3=O)c1. The largest absolute Gasteiger partial charge is 0.493 e. The first kappa shape index (κ1) is 53.2. The van der Waals surface area contributed by atoms with Crippen molar-refractivity contribution in [2.24, 2.45) is 5.41 Å².